The van der Waals surface area contributed by atoms with E-state index < -0.39 is 0 Å². The summed E-state index contributed by atoms with van der Waals surface area (Å²) in [6.07, 6.45) is 5.36. The second-order valence-electron chi connectivity index (χ2n) is 7.03. The van der Waals surface area contributed by atoms with Crippen molar-refractivity contribution in [2.24, 2.45) is 11.3 Å². The van der Waals surface area contributed by atoms with E-state index in [4.69, 9.17) is 4.74 Å². The molecule has 2 fully saturated rings. The molecule has 24 heavy (non-hydrogen) atoms. The van der Waals surface area contributed by atoms with Crippen molar-refractivity contribution in [1.82, 2.24) is 10.6 Å². The molecule has 1 spiro atoms. The summed E-state index contributed by atoms with van der Waals surface area (Å²) in [5.41, 5.74) is 1.58. The van der Waals surface area contributed by atoms with Gasteiger partial charge in [-0.1, -0.05) is 17.7 Å². The van der Waals surface area contributed by atoms with Gasteiger partial charge in [-0.3, -0.25) is 4.79 Å². The van der Waals surface area contributed by atoms with Gasteiger partial charge in [0.1, 0.15) is 5.75 Å². The molecule has 2 N–H and O–H groups in total. The average molecular weight is 353 g/mol. The Morgan fingerprint density at radius 2 is 1.96 bits per heavy atom. The van der Waals surface area contributed by atoms with E-state index in [0.29, 0.717) is 12.0 Å². The van der Waals surface area contributed by atoms with Crippen molar-refractivity contribution in [1.29, 1.82) is 0 Å². The van der Waals surface area contributed by atoms with Crippen LogP contribution in [0.4, 0.5) is 0 Å². The maximum atomic E-state index is 12.2. The lowest BCUT2D eigenvalue weighted by Crippen LogP contribution is -2.34. The fourth-order valence-corrected chi connectivity index (χ4v) is 3.58. The predicted molar refractivity (Wildman–Crippen MR) is 98.8 cm³/mol. The number of carbonyl (C=O) groups is 1. The van der Waals surface area contributed by atoms with Gasteiger partial charge in [0.15, 0.2) is 0 Å². The van der Waals surface area contributed by atoms with Crippen LogP contribution in [0.25, 0.3) is 0 Å². The van der Waals surface area contributed by atoms with Crippen LogP contribution in [0.1, 0.15) is 37.7 Å². The Labute approximate surface area is 151 Å². The molecule has 0 bridgehead atoms. The number of rotatable bonds is 7. The Morgan fingerprint density at radius 3 is 2.67 bits per heavy atom. The van der Waals surface area contributed by atoms with Gasteiger partial charge in [0.25, 0.3) is 0 Å². The van der Waals surface area contributed by atoms with E-state index in [1.165, 1.54) is 5.56 Å². The number of piperidine rings is 1. The first-order valence-electron chi connectivity index (χ1n) is 8.88. The van der Waals surface area contributed by atoms with E-state index in [2.05, 4.69) is 29.7 Å². The van der Waals surface area contributed by atoms with Crippen LogP contribution in [-0.2, 0) is 4.79 Å². The zero-order valence-electron chi connectivity index (χ0n) is 14.5. The summed E-state index contributed by atoms with van der Waals surface area (Å²) in [4.78, 5) is 12.2. The molecule has 0 radical (unpaired) electrons. The number of hydrogen-bond donors (Lipinski definition) is 2. The SMILES string of the molecule is Cc1ccc(OCCCCNC(=O)C2CC23CCNCC3)cc1.Cl. The fraction of sp³-hybridized carbons (Fsp3) is 0.632. The molecule has 1 aromatic carbocycles. The average Bonchev–Trinajstić information content (AvgIpc) is 3.26. The topological polar surface area (TPSA) is 50.4 Å². The maximum absolute atomic E-state index is 12.2. The Bertz CT molecular complexity index is 527. The molecule has 1 aliphatic carbocycles. The van der Waals surface area contributed by atoms with Gasteiger partial charge in [-0.25, -0.2) is 0 Å². The number of ether oxygens (including phenoxy) is 1. The third-order valence-corrected chi connectivity index (χ3v) is 5.27. The second kappa shape index (κ2) is 8.72. The van der Waals surface area contributed by atoms with Gasteiger partial charge in [0.05, 0.1) is 6.61 Å². The Balaban J connectivity index is 0.00000208. The molecule has 1 atom stereocenters. The lowest BCUT2D eigenvalue weighted by Gasteiger charge is -2.23. The second-order valence-corrected chi connectivity index (χ2v) is 7.03. The van der Waals surface area contributed by atoms with Crippen LogP contribution < -0.4 is 15.4 Å². The third kappa shape index (κ3) is 4.87. The van der Waals surface area contributed by atoms with Gasteiger partial charge < -0.3 is 15.4 Å². The first kappa shape index (κ1) is 19.1. The predicted octanol–water partition coefficient (Wildman–Crippen LogP) is 3.08. The molecule has 3 rings (SSSR count). The molecule has 2 aliphatic rings. The molecule has 1 heterocycles. The third-order valence-electron chi connectivity index (χ3n) is 5.27. The first-order valence-corrected chi connectivity index (χ1v) is 8.88. The van der Waals surface area contributed by atoms with Gasteiger partial charge in [0.2, 0.25) is 5.91 Å². The summed E-state index contributed by atoms with van der Waals surface area (Å²) < 4.78 is 5.70. The first-order chi connectivity index (χ1) is 11.2. The highest BCUT2D eigenvalue weighted by atomic mass is 35.5. The minimum absolute atomic E-state index is 0. The van der Waals surface area contributed by atoms with Crippen LogP contribution in [0.5, 0.6) is 5.75 Å². The van der Waals surface area contributed by atoms with Crippen molar-refractivity contribution in [2.75, 3.05) is 26.2 Å². The lowest BCUT2D eigenvalue weighted by molar-refractivity contribution is -0.123. The minimum atomic E-state index is 0. The number of aryl methyl sites for hydroxylation is 1. The van der Waals surface area contributed by atoms with Crippen molar-refractivity contribution < 1.29 is 9.53 Å². The smallest absolute Gasteiger partial charge is 0.223 e. The molecule has 1 unspecified atom stereocenters. The van der Waals surface area contributed by atoms with Crippen molar-refractivity contribution >= 4 is 18.3 Å². The van der Waals surface area contributed by atoms with Crippen molar-refractivity contribution in [3.8, 4) is 5.75 Å². The van der Waals surface area contributed by atoms with Gasteiger partial charge in [-0.05, 0) is 69.7 Å². The molecule has 4 nitrogen and oxygen atoms in total. The summed E-state index contributed by atoms with van der Waals surface area (Å²) in [6.45, 7) is 5.68. The monoisotopic (exact) mass is 352 g/mol. The molecule has 1 aliphatic heterocycles. The fourth-order valence-electron chi connectivity index (χ4n) is 3.58. The van der Waals surface area contributed by atoms with Crippen LogP contribution in [0, 0.1) is 18.3 Å². The number of benzene rings is 1. The van der Waals surface area contributed by atoms with E-state index in [1.807, 2.05) is 12.1 Å². The normalized spacial score (nSPS) is 21.0. The standard InChI is InChI=1S/C19H28N2O2.ClH/c1-15-4-6-16(7-5-15)23-13-3-2-10-21-18(22)17-14-19(17)8-11-20-12-9-19;/h4-7,17,20H,2-3,8-14H2,1H3,(H,21,22);1H. The maximum Gasteiger partial charge on any atom is 0.223 e. The Morgan fingerprint density at radius 1 is 1.25 bits per heavy atom. The van der Waals surface area contributed by atoms with Gasteiger partial charge in [-0.2, -0.15) is 0 Å². The van der Waals surface area contributed by atoms with Gasteiger partial charge in [0, 0.05) is 12.5 Å². The van der Waals surface area contributed by atoms with Crippen molar-refractivity contribution in [2.45, 2.75) is 39.0 Å². The van der Waals surface area contributed by atoms with E-state index >= 15 is 0 Å². The summed E-state index contributed by atoms with van der Waals surface area (Å²) in [6, 6.07) is 8.12. The van der Waals surface area contributed by atoms with E-state index in [1.54, 1.807) is 0 Å². The minimum Gasteiger partial charge on any atom is -0.494 e. The van der Waals surface area contributed by atoms with Gasteiger partial charge in [-0.15, -0.1) is 12.4 Å². The summed E-state index contributed by atoms with van der Waals surface area (Å²) in [5, 5.41) is 6.48. The van der Waals surface area contributed by atoms with E-state index in [-0.39, 0.29) is 24.2 Å². The number of halogens is 1. The molecule has 1 aromatic rings. The van der Waals surface area contributed by atoms with E-state index in [9.17, 15) is 4.79 Å². The zero-order valence-corrected chi connectivity index (χ0v) is 15.3. The molecule has 1 saturated carbocycles. The highest BCUT2D eigenvalue weighted by Gasteiger charge is 2.57. The van der Waals surface area contributed by atoms with Crippen LogP contribution in [-0.4, -0.2) is 32.1 Å². The highest BCUT2D eigenvalue weighted by molar-refractivity contribution is 5.85. The summed E-state index contributed by atoms with van der Waals surface area (Å²) in [5.74, 6) is 1.46. The summed E-state index contributed by atoms with van der Waals surface area (Å²) in [7, 11) is 0. The molecule has 1 saturated heterocycles. The molecule has 1 amide bonds. The van der Waals surface area contributed by atoms with Crippen molar-refractivity contribution in [3.63, 3.8) is 0 Å². The van der Waals surface area contributed by atoms with Crippen LogP contribution in [0.15, 0.2) is 24.3 Å². The molecular weight excluding hydrogens is 324 g/mol. The van der Waals surface area contributed by atoms with Gasteiger partial charge >= 0.3 is 0 Å². The molecule has 0 aromatic heterocycles. The molecule has 5 heteroatoms. The zero-order chi connectivity index (χ0) is 16.1. The van der Waals surface area contributed by atoms with Crippen LogP contribution >= 0.6 is 12.4 Å². The number of hydrogen-bond acceptors (Lipinski definition) is 3. The number of amides is 1. The molecular formula is C19H29ClN2O2. The molecule has 134 valence electrons. The Kier molecular flexibility index (Phi) is 6.93. The van der Waals surface area contributed by atoms with Crippen LogP contribution in [0.3, 0.4) is 0 Å². The largest absolute Gasteiger partial charge is 0.494 e. The summed E-state index contributed by atoms with van der Waals surface area (Å²) >= 11 is 0. The Hall–Kier alpha value is -1.26. The van der Waals surface area contributed by atoms with E-state index in [0.717, 1.165) is 57.5 Å². The quantitative estimate of drug-likeness (QED) is 0.741. The number of nitrogens with one attached hydrogen (secondary N) is 2. The van der Waals surface area contributed by atoms with Crippen molar-refractivity contribution in [3.05, 3.63) is 29.8 Å². The number of unbranched alkanes of at least 4 members (excludes halogenated alkanes) is 1. The highest BCUT2D eigenvalue weighted by Crippen LogP contribution is 2.58. The lowest BCUT2D eigenvalue weighted by atomic mass is 9.92. The van der Waals surface area contributed by atoms with Crippen LogP contribution in [0.2, 0.25) is 0 Å². The number of carbonyl (C=O) groups excluding carboxylic acids is 1.